The SMILES string of the molecule is Cc1ccc(C(c2ccccc2)c2c(C)cc(C)cc2C)cc1. The lowest BCUT2D eigenvalue weighted by atomic mass is 9.80. The van der Waals surface area contributed by atoms with Gasteiger partial charge in [0, 0.05) is 5.92 Å². The Kier molecular flexibility index (Phi) is 4.34. The van der Waals surface area contributed by atoms with Crippen molar-refractivity contribution in [1.29, 1.82) is 0 Å². The van der Waals surface area contributed by atoms with Crippen molar-refractivity contribution < 1.29 is 0 Å². The quantitative estimate of drug-likeness (QED) is 0.513. The van der Waals surface area contributed by atoms with E-state index in [4.69, 9.17) is 0 Å². The van der Waals surface area contributed by atoms with Gasteiger partial charge in [-0.3, -0.25) is 0 Å². The minimum Gasteiger partial charge on any atom is -0.0622 e. The van der Waals surface area contributed by atoms with E-state index in [1.54, 1.807) is 0 Å². The topological polar surface area (TPSA) is 0 Å². The molecule has 0 heterocycles. The normalized spacial score (nSPS) is 12.2. The molecule has 0 aliphatic heterocycles. The highest BCUT2D eigenvalue weighted by Gasteiger charge is 2.20. The number of benzene rings is 3. The number of hydrogen-bond acceptors (Lipinski definition) is 0. The summed E-state index contributed by atoms with van der Waals surface area (Å²) in [5.41, 5.74) is 9.53. The second kappa shape index (κ2) is 6.42. The predicted octanol–water partition coefficient (Wildman–Crippen LogP) is 6.10. The molecule has 116 valence electrons. The van der Waals surface area contributed by atoms with Crippen LogP contribution in [-0.2, 0) is 0 Å². The first kappa shape index (κ1) is 15.6. The summed E-state index contributed by atoms with van der Waals surface area (Å²) in [6.07, 6.45) is 0. The van der Waals surface area contributed by atoms with Gasteiger partial charge in [0.1, 0.15) is 0 Å². The van der Waals surface area contributed by atoms with Crippen LogP contribution in [0.3, 0.4) is 0 Å². The van der Waals surface area contributed by atoms with Crippen molar-refractivity contribution >= 4 is 0 Å². The lowest BCUT2D eigenvalue weighted by Crippen LogP contribution is -2.08. The lowest BCUT2D eigenvalue weighted by Gasteiger charge is -2.23. The molecule has 3 aromatic carbocycles. The van der Waals surface area contributed by atoms with Crippen LogP contribution < -0.4 is 0 Å². The summed E-state index contributed by atoms with van der Waals surface area (Å²) in [4.78, 5) is 0. The van der Waals surface area contributed by atoms with Crippen LogP contribution in [0.2, 0.25) is 0 Å². The van der Waals surface area contributed by atoms with E-state index in [1.807, 2.05) is 0 Å². The molecule has 0 spiro atoms. The van der Waals surface area contributed by atoms with Crippen molar-refractivity contribution in [3.8, 4) is 0 Å². The molecule has 0 nitrogen and oxygen atoms in total. The van der Waals surface area contributed by atoms with Crippen LogP contribution in [0.1, 0.15) is 44.9 Å². The monoisotopic (exact) mass is 300 g/mol. The molecule has 0 heteroatoms. The number of aryl methyl sites for hydroxylation is 4. The van der Waals surface area contributed by atoms with E-state index < -0.39 is 0 Å². The van der Waals surface area contributed by atoms with Gasteiger partial charge in [-0.05, 0) is 55.5 Å². The van der Waals surface area contributed by atoms with Gasteiger partial charge >= 0.3 is 0 Å². The fourth-order valence-electron chi connectivity index (χ4n) is 3.58. The second-order valence-corrected chi connectivity index (χ2v) is 6.57. The van der Waals surface area contributed by atoms with E-state index in [0.29, 0.717) is 0 Å². The van der Waals surface area contributed by atoms with Crippen LogP contribution in [0.5, 0.6) is 0 Å². The third kappa shape index (κ3) is 3.22. The minimum absolute atomic E-state index is 0.289. The smallest absolute Gasteiger partial charge is 0.0345 e. The predicted molar refractivity (Wildman–Crippen MR) is 99.2 cm³/mol. The maximum absolute atomic E-state index is 2.30. The first-order valence-corrected chi connectivity index (χ1v) is 8.25. The highest BCUT2D eigenvalue weighted by Crippen LogP contribution is 2.36. The molecule has 23 heavy (non-hydrogen) atoms. The average molecular weight is 300 g/mol. The molecule has 0 bridgehead atoms. The van der Waals surface area contributed by atoms with Crippen LogP contribution >= 0.6 is 0 Å². The fourth-order valence-corrected chi connectivity index (χ4v) is 3.58. The highest BCUT2D eigenvalue weighted by atomic mass is 14.2. The molecule has 0 N–H and O–H groups in total. The van der Waals surface area contributed by atoms with E-state index >= 15 is 0 Å². The van der Waals surface area contributed by atoms with Gasteiger partial charge in [-0.2, -0.15) is 0 Å². The van der Waals surface area contributed by atoms with Crippen LogP contribution in [-0.4, -0.2) is 0 Å². The first-order valence-electron chi connectivity index (χ1n) is 8.25. The maximum atomic E-state index is 2.30. The van der Waals surface area contributed by atoms with Crippen molar-refractivity contribution in [2.45, 2.75) is 33.6 Å². The van der Waals surface area contributed by atoms with Crippen molar-refractivity contribution in [2.24, 2.45) is 0 Å². The molecular formula is C23H24. The van der Waals surface area contributed by atoms with Gasteiger partial charge in [-0.15, -0.1) is 0 Å². The standard InChI is InChI=1S/C23H24/c1-16-10-12-21(13-11-16)23(20-8-6-5-7-9-20)22-18(3)14-17(2)15-19(22)4/h5-15,23H,1-4H3. The highest BCUT2D eigenvalue weighted by molar-refractivity contribution is 5.50. The third-order valence-corrected chi connectivity index (χ3v) is 4.57. The summed E-state index contributed by atoms with van der Waals surface area (Å²) in [7, 11) is 0. The number of hydrogen-bond donors (Lipinski definition) is 0. The van der Waals surface area contributed by atoms with E-state index in [2.05, 4.69) is 94.4 Å². The summed E-state index contributed by atoms with van der Waals surface area (Å²) in [5, 5.41) is 0. The molecule has 3 rings (SSSR count). The van der Waals surface area contributed by atoms with Gasteiger partial charge < -0.3 is 0 Å². The fraction of sp³-hybridized carbons (Fsp3) is 0.217. The molecule has 0 aliphatic rings. The Balaban J connectivity index is 2.23. The molecule has 1 unspecified atom stereocenters. The van der Waals surface area contributed by atoms with Gasteiger partial charge in [0.05, 0.1) is 0 Å². The van der Waals surface area contributed by atoms with Crippen molar-refractivity contribution in [1.82, 2.24) is 0 Å². The molecule has 0 aliphatic carbocycles. The van der Waals surface area contributed by atoms with Crippen LogP contribution in [0.25, 0.3) is 0 Å². The van der Waals surface area contributed by atoms with Gasteiger partial charge in [0.15, 0.2) is 0 Å². The summed E-state index contributed by atoms with van der Waals surface area (Å²) >= 11 is 0. The maximum Gasteiger partial charge on any atom is 0.0345 e. The molecule has 0 aromatic heterocycles. The summed E-state index contributed by atoms with van der Waals surface area (Å²) in [6, 6.07) is 24.4. The Morgan fingerprint density at radius 2 is 1.09 bits per heavy atom. The minimum atomic E-state index is 0.289. The van der Waals surface area contributed by atoms with Gasteiger partial charge in [-0.25, -0.2) is 0 Å². The summed E-state index contributed by atoms with van der Waals surface area (Å²) in [6.45, 7) is 8.79. The molecule has 0 amide bonds. The number of rotatable bonds is 3. The van der Waals surface area contributed by atoms with E-state index in [9.17, 15) is 0 Å². The molecule has 0 saturated heterocycles. The molecule has 1 atom stereocenters. The molecular weight excluding hydrogens is 276 g/mol. The Morgan fingerprint density at radius 3 is 1.65 bits per heavy atom. The van der Waals surface area contributed by atoms with Crippen molar-refractivity contribution in [2.75, 3.05) is 0 Å². The van der Waals surface area contributed by atoms with E-state index in [1.165, 1.54) is 38.9 Å². The van der Waals surface area contributed by atoms with E-state index in [0.717, 1.165) is 0 Å². The summed E-state index contributed by atoms with van der Waals surface area (Å²) in [5.74, 6) is 0.289. The molecule has 0 saturated carbocycles. The lowest BCUT2D eigenvalue weighted by molar-refractivity contribution is 0.944. The Bertz CT molecular complexity index is 772. The average Bonchev–Trinajstić information content (AvgIpc) is 2.53. The Hall–Kier alpha value is -2.34. The zero-order valence-electron chi connectivity index (χ0n) is 14.4. The first-order chi connectivity index (χ1) is 11.1. The molecule has 0 fully saturated rings. The zero-order valence-corrected chi connectivity index (χ0v) is 14.4. The van der Waals surface area contributed by atoms with Gasteiger partial charge in [-0.1, -0.05) is 77.9 Å². The van der Waals surface area contributed by atoms with E-state index in [-0.39, 0.29) is 5.92 Å². The summed E-state index contributed by atoms with van der Waals surface area (Å²) < 4.78 is 0. The van der Waals surface area contributed by atoms with Crippen LogP contribution in [0, 0.1) is 27.7 Å². The van der Waals surface area contributed by atoms with Crippen molar-refractivity contribution in [3.05, 3.63) is 106 Å². The second-order valence-electron chi connectivity index (χ2n) is 6.57. The van der Waals surface area contributed by atoms with Gasteiger partial charge in [0.25, 0.3) is 0 Å². The molecule has 0 radical (unpaired) electrons. The largest absolute Gasteiger partial charge is 0.0622 e. The Morgan fingerprint density at radius 1 is 0.565 bits per heavy atom. The van der Waals surface area contributed by atoms with Gasteiger partial charge in [0.2, 0.25) is 0 Å². The van der Waals surface area contributed by atoms with Crippen molar-refractivity contribution in [3.63, 3.8) is 0 Å². The van der Waals surface area contributed by atoms with Crippen LogP contribution in [0.15, 0.2) is 66.7 Å². The van der Waals surface area contributed by atoms with Crippen LogP contribution in [0.4, 0.5) is 0 Å². The third-order valence-electron chi connectivity index (χ3n) is 4.57. The zero-order chi connectivity index (χ0) is 16.4. The Labute approximate surface area is 139 Å². The molecule has 3 aromatic rings.